The van der Waals surface area contributed by atoms with E-state index >= 15 is 0 Å². The second-order valence-electron chi connectivity index (χ2n) is 10.9. The average molecular weight is 663 g/mol. The minimum Gasteiger partial charge on any atom is -0.495 e. The number of anilines is 4. The first-order chi connectivity index (χ1) is 22.2. The summed E-state index contributed by atoms with van der Waals surface area (Å²) < 4.78 is 69.9. The zero-order chi connectivity index (χ0) is 32.3. The zero-order valence-corrected chi connectivity index (χ0v) is 26.8. The number of morpholine rings is 1. The van der Waals surface area contributed by atoms with Gasteiger partial charge in [0.25, 0.3) is 26.0 Å². The van der Waals surface area contributed by atoms with Crippen LogP contribution in [0.3, 0.4) is 0 Å². The molecule has 13 heteroatoms. The Labute approximate surface area is 268 Å². The molecule has 0 radical (unpaired) electrons. The topological polar surface area (TPSA) is 134 Å². The number of hydrogen-bond acceptors (Lipinski definition) is 8. The van der Waals surface area contributed by atoms with E-state index in [2.05, 4.69) is 10.0 Å². The Morgan fingerprint density at radius 3 is 2.39 bits per heavy atom. The van der Waals surface area contributed by atoms with E-state index in [0.29, 0.717) is 56.4 Å². The zero-order valence-electron chi connectivity index (χ0n) is 25.2. The molecule has 2 aliphatic rings. The molecule has 4 aromatic carbocycles. The summed E-state index contributed by atoms with van der Waals surface area (Å²) in [5.74, 6) is -0.234. The lowest BCUT2D eigenvalue weighted by Gasteiger charge is -2.30. The van der Waals surface area contributed by atoms with Gasteiger partial charge in [-0.05, 0) is 73.0 Å². The van der Waals surface area contributed by atoms with Gasteiger partial charge in [-0.25, -0.2) is 16.8 Å². The molecule has 1 saturated heterocycles. The van der Waals surface area contributed by atoms with Crippen molar-refractivity contribution in [3.05, 3.63) is 102 Å². The molecule has 6 rings (SSSR count). The number of carbonyl (C=O) groups is 1. The fourth-order valence-corrected chi connectivity index (χ4v) is 8.59. The number of fused-ring (bicyclic) bond motifs is 1. The van der Waals surface area contributed by atoms with Gasteiger partial charge in [0.2, 0.25) is 0 Å². The summed E-state index contributed by atoms with van der Waals surface area (Å²) in [4.78, 5) is 15.3. The highest BCUT2D eigenvalue weighted by atomic mass is 32.2. The van der Waals surface area contributed by atoms with Crippen LogP contribution in [0.5, 0.6) is 5.75 Å². The molecule has 2 heterocycles. The summed E-state index contributed by atoms with van der Waals surface area (Å²) in [6.45, 7) is 2.21. The van der Waals surface area contributed by atoms with Gasteiger partial charge in [-0.1, -0.05) is 36.4 Å². The molecule has 0 atom stereocenters. The molecule has 4 aromatic rings. The van der Waals surface area contributed by atoms with E-state index in [1.807, 2.05) is 17.0 Å². The Balaban J connectivity index is 1.30. The minimum absolute atomic E-state index is 0.0104. The van der Waals surface area contributed by atoms with Crippen molar-refractivity contribution in [2.45, 2.75) is 22.6 Å². The quantitative estimate of drug-likeness (QED) is 0.263. The number of methoxy groups -OCH3 is 1. The molecule has 1 amide bonds. The Morgan fingerprint density at radius 2 is 1.59 bits per heavy atom. The van der Waals surface area contributed by atoms with Crippen LogP contribution in [0.15, 0.2) is 101 Å². The van der Waals surface area contributed by atoms with Gasteiger partial charge in [0, 0.05) is 30.9 Å². The number of aryl methyl sites for hydroxylation is 1. The minimum atomic E-state index is -4.16. The largest absolute Gasteiger partial charge is 0.495 e. The fourth-order valence-electron chi connectivity index (χ4n) is 5.68. The van der Waals surface area contributed by atoms with E-state index in [1.165, 1.54) is 41.7 Å². The average Bonchev–Trinajstić information content (AvgIpc) is 3.08. The summed E-state index contributed by atoms with van der Waals surface area (Å²) in [6.07, 6.45) is 1.48. The number of para-hydroxylation sites is 3. The number of hydrogen-bond donors (Lipinski definition) is 2. The number of nitrogens with zero attached hydrogens (tertiary/aromatic N) is 2. The molecule has 46 heavy (non-hydrogen) atoms. The summed E-state index contributed by atoms with van der Waals surface area (Å²) in [7, 11) is -6.65. The first-order valence-corrected chi connectivity index (χ1v) is 17.7. The molecule has 0 unspecified atom stereocenters. The van der Waals surface area contributed by atoms with Crippen molar-refractivity contribution in [3.8, 4) is 5.75 Å². The first kappa shape index (κ1) is 31.4. The molecule has 0 spiro atoms. The number of amides is 1. The SMILES string of the molecule is COc1ccccc1NS(=O)(=O)c1cc(NC(=O)c2cccc(S(=O)(=O)N3CCCc4ccccc43)c2)ccc1N1CCOCC1. The number of sulfonamides is 2. The predicted molar refractivity (Wildman–Crippen MR) is 177 cm³/mol. The molecule has 240 valence electrons. The van der Waals surface area contributed by atoms with Crippen molar-refractivity contribution in [3.63, 3.8) is 0 Å². The second-order valence-corrected chi connectivity index (χ2v) is 14.4. The number of rotatable bonds is 9. The molecule has 0 saturated carbocycles. The summed E-state index contributed by atoms with van der Waals surface area (Å²) in [5, 5.41) is 2.75. The van der Waals surface area contributed by atoms with Gasteiger partial charge in [0.05, 0.1) is 42.3 Å². The van der Waals surface area contributed by atoms with E-state index in [9.17, 15) is 21.6 Å². The second kappa shape index (κ2) is 13.0. The highest BCUT2D eigenvalue weighted by Crippen LogP contribution is 2.34. The number of nitrogens with one attached hydrogen (secondary N) is 2. The Morgan fingerprint density at radius 1 is 0.826 bits per heavy atom. The monoisotopic (exact) mass is 662 g/mol. The molecule has 2 N–H and O–H groups in total. The number of carbonyl (C=O) groups excluding carboxylic acids is 1. The van der Waals surface area contributed by atoms with Crippen LogP contribution in [-0.4, -0.2) is 62.7 Å². The standard InChI is InChI=1S/C33H34N4O7S2/c1-43-31-14-5-3-12-28(31)35-45(39,40)32-23-26(15-16-30(32)36-18-20-44-21-19-36)34-33(38)25-9-6-11-27(22-25)46(41,42)37-17-7-10-24-8-2-4-13-29(24)37/h2-6,8-9,11-16,22-23,35H,7,10,17-21H2,1H3,(H,34,38). The molecule has 0 bridgehead atoms. The summed E-state index contributed by atoms with van der Waals surface area (Å²) >= 11 is 0. The summed E-state index contributed by atoms with van der Waals surface area (Å²) in [5.41, 5.74) is 2.65. The molecular weight excluding hydrogens is 629 g/mol. The van der Waals surface area contributed by atoms with Crippen molar-refractivity contribution >= 4 is 48.7 Å². The molecule has 0 aromatic heterocycles. The molecule has 0 aliphatic carbocycles. The predicted octanol–water partition coefficient (Wildman–Crippen LogP) is 4.73. The van der Waals surface area contributed by atoms with Crippen molar-refractivity contribution in [1.82, 2.24) is 0 Å². The van der Waals surface area contributed by atoms with E-state index in [0.717, 1.165) is 12.0 Å². The molecule has 11 nitrogen and oxygen atoms in total. The van der Waals surface area contributed by atoms with Gasteiger partial charge in [0.1, 0.15) is 10.6 Å². The van der Waals surface area contributed by atoms with Crippen LogP contribution < -0.4 is 24.0 Å². The van der Waals surface area contributed by atoms with Crippen LogP contribution in [0.1, 0.15) is 22.3 Å². The third kappa shape index (κ3) is 6.39. The third-order valence-corrected chi connectivity index (χ3v) is 11.2. The molecule has 1 fully saturated rings. The lowest BCUT2D eigenvalue weighted by atomic mass is 10.0. The third-order valence-electron chi connectivity index (χ3n) is 7.96. The van der Waals surface area contributed by atoms with Crippen LogP contribution in [-0.2, 0) is 31.2 Å². The van der Waals surface area contributed by atoms with Crippen LogP contribution >= 0.6 is 0 Å². The van der Waals surface area contributed by atoms with Crippen LogP contribution in [0.25, 0.3) is 0 Å². The van der Waals surface area contributed by atoms with Crippen LogP contribution in [0, 0.1) is 0 Å². The number of benzene rings is 4. The van der Waals surface area contributed by atoms with Gasteiger partial charge in [0.15, 0.2) is 0 Å². The maximum Gasteiger partial charge on any atom is 0.264 e. The van der Waals surface area contributed by atoms with E-state index in [4.69, 9.17) is 9.47 Å². The van der Waals surface area contributed by atoms with Crippen molar-refractivity contribution in [1.29, 1.82) is 0 Å². The summed E-state index contributed by atoms with van der Waals surface area (Å²) in [6, 6.07) is 24.6. The van der Waals surface area contributed by atoms with Gasteiger partial charge < -0.3 is 19.7 Å². The maximum atomic E-state index is 13.8. The maximum absolute atomic E-state index is 13.8. The highest BCUT2D eigenvalue weighted by molar-refractivity contribution is 7.93. The lowest BCUT2D eigenvalue weighted by molar-refractivity contribution is 0.102. The van der Waals surface area contributed by atoms with E-state index in [-0.39, 0.29) is 26.7 Å². The van der Waals surface area contributed by atoms with Gasteiger partial charge >= 0.3 is 0 Å². The first-order valence-electron chi connectivity index (χ1n) is 14.8. The Hall–Kier alpha value is -4.59. The van der Waals surface area contributed by atoms with Crippen molar-refractivity contribution < 1.29 is 31.1 Å². The van der Waals surface area contributed by atoms with Gasteiger partial charge in [-0.15, -0.1) is 0 Å². The van der Waals surface area contributed by atoms with E-state index in [1.54, 1.807) is 48.5 Å². The van der Waals surface area contributed by atoms with Gasteiger partial charge in [-0.3, -0.25) is 13.8 Å². The Bertz CT molecular complexity index is 1980. The smallest absolute Gasteiger partial charge is 0.264 e. The molecular formula is C33H34N4O7S2. The van der Waals surface area contributed by atoms with Crippen molar-refractivity contribution in [2.75, 3.05) is 59.2 Å². The lowest BCUT2D eigenvalue weighted by Crippen LogP contribution is -2.37. The van der Waals surface area contributed by atoms with Gasteiger partial charge in [-0.2, -0.15) is 0 Å². The van der Waals surface area contributed by atoms with Crippen LogP contribution in [0.2, 0.25) is 0 Å². The normalized spacial score (nSPS) is 15.2. The van der Waals surface area contributed by atoms with Crippen LogP contribution in [0.4, 0.5) is 22.7 Å². The van der Waals surface area contributed by atoms with E-state index < -0.39 is 26.0 Å². The molecule has 2 aliphatic heterocycles. The fraction of sp³-hybridized carbons (Fsp3) is 0.242. The van der Waals surface area contributed by atoms with Crippen molar-refractivity contribution in [2.24, 2.45) is 0 Å². The highest BCUT2D eigenvalue weighted by Gasteiger charge is 2.30. The Kier molecular flexibility index (Phi) is 8.89. The number of ether oxygens (including phenoxy) is 2.